The van der Waals surface area contributed by atoms with Gasteiger partial charge in [0, 0.05) is 24.7 Å². The van der Waals surface area contributed by atoms with Crippen LogP contribution in [0, 0.1) is 0 Å². The fraction of sp³-hybridized carbons (Fsp3) is 0.692. The largest absolute Gasteiger partial charge is 0.351 e. The van der Waals surface area contributed by atoms with Gasteiger partial charge in [0.15, 0.2) is 0 Å². The molecule has 1 rings (SSSR count). The molecule has 0 bridgehead atoms. The first kappa shape index (κ1) is 14.7. The summed E-state index contributed by atoms with van der Waals surface area (Å²) in [5, 5.41) is 2.94. The molecule has 0 spiro atoms. The summed E-state index contributed by atoms with van der Waals surface area (Å²) in [6.45, 7) is 10.4. The van der Waals surface area contributed by atoms with Crippen LogP contribution < -0.4 is 11.1 Å². The lowest BCUT2D eigenvalue weighted by molar-refractivity contribution is -0.122. The van der Waals surface area contributed by atoms with E-state index in [0.29, 0.717) is 13.0 Å². The zero-order valence-corrected chi connectivity index (χ0v) is 11.9. The Morgan fingerprint density at radius 2 is 2.00 bits per heavy atom. The van der Waals surface area contributed by atoms with E-state index in [1.165, 1.54) is 0 Å². The monoisotopic (exact) mass is 252 g/mol. The van der Waals surface area contributed by atoms with Gasteiger partial charge in [-0.2, -0.15) is 0 Å². The van der Waals surface area contributed by atoms with Crippen molar-refractivity contribution in [2.24, 2.45) is 5.73 Å². The number of aromatic nitrogens is 2. The minimum absolute atomic E-state index is 0.0389. The summed E-state index contributed by atoms with van der Waals surface area (Å²) in [5.41, 5.74) is 6.35. The van der Waals surface area contributed by atoms with E-state index in [-0.39, 0.29) is 11.4 Å². The fourth-order valence-corrected chi connectivity index (χ4v) is 1.74. The number of nitrogens with one attached hydrogen (secondary N) is 1. The molecule has 0 aliphatic rings. The molecule has 1 aromatic heterocycles. The second-order valence-corrected chi connectivity index (χ2v) is 6.24. The van der Waals surface area contributed by atoms with Crippen molar-refractivity contribution in [2.75, 3.05) is 0 Å². The van der Waals surface area contributed by atoms with E-state index >= 15 is 0 Å². The van der Waals surface area contributed by atoms with E-state index < -0.39 is 5.54 Å². The zero-order chi connectivity index (χ0) is 14.0. The van der Waals surface area contributed by atoms with Gasteiger partial charge in [0.1, 0.15) is 0 Å². The lowest BCUT2D eigenvalue weighted by Crippen LogP contribution is -2.41. The Balaban J connectivity index is 2.60. The van der Waals surface area contributed by atoms with E-state index in [1.54, 1.807) is 12.5 Å². The highest BCUT2D eigenvalue weighted by atomic mass is 16.1. The molecule has 1 amide bonds. The minimum atomic E-state index is -0.447. The Bertz CT molecular complexity index is 409. The Kier molecular flexibility index (Phi) is 4.16. The lowest BCUT2D eigenvalue weighted by atomic mass is 10.0. The molecule has 102 valence electrons. The summed E-state index contributed by atoms with van der Waals surface area (Å²) in [4.78, 5) is 15.8. The highest BCUT2D eigenvalue weighted by molar-refractivity contribution is 5.76. The molecule has 3 N–H and O–H groups in total. The molecule has 0 saturated carbocycles. The summed E-state index contributed by atoms with van der Waals surface area (Å²) in [6.07, 6.45) is 3.90. The van der Waals surface area contributed by atoms with Crippen LogP contribution in [0.1, 0.15) is 46.7 Å². The maximum Gasteiger partial charge on any atom is 0.222 e. The minimum Gasteiger partial charge on any atom is -0.351 e. The van der Waals surface area contributed by atoms with Gasteiger partial charge in [-0.25, -0.2) is 4.98 Å². The number of rotatable bonds is 4. The Hall–Kier alpha value is -1.36. The molecule has 1 aromatic rings. The molecule has 0 aromatic carbocycles. The number of nitrogens with two attached hydrogens (primary N) is 1. The quantitative estimate of drug-likeness (QED) is 0.850. The van der Waals surface area contributed by atoms with Crippen LogP contribution in [0.3, 0.4) is 0 Å². The molecule has 0 radical (unpaired) electrons. The molecule has 5 nitrogen and oxygen atoms in total. The third-order valence-corrected chi connectivity index (χ3v) is 2.47. The van der Waals surface area contributed by atoms with Gasteiger partial charge in [-0.15, -0.1) is 0 Å². The molecule has 0 aliphatic heterocycles. The first-order chi connectivity index (χ1) is 8.09. The molecule has 18 heavy (non-hydrogen) atoms. The van der Waals surface area contributed by atoms with Crippen LogP contribution in [0.2, 0.25) is 0 Å². The molecule has 0 unspecified atom stereocenters. The van der Waals surface area contributed by atoms with Crippen LogP contribution in [0.25, 0.3) is 0 Å². The average Bonchev–Trinajstić information content (AvgIpc) is 2.58. The standard InChI is InChI=1S/C13H24N4O/c1-12(2,3)16-11(18)6-7-17-9-15-8-10(17)13(4,5)14/h8-9H,6-7,14H2,1-5H3,(H,16,18). The number of hydrogen-bond acceptors (Lipinski definition) is 3. The maximum atomic E-state index is 11.7. The molecule has 0 saturated heterocycles. The number of imidazole rings is 1. The van der Waals surface area contributed by atoms with Gasteiger partial charge in [-0.3, -0.25) is 4.79 Å². The van der Waals surface area contributed by atoms with Crippen molar-refractivity contribution in [3.8, 4) is 0 Å². The van der Waals surface area contributed by atoms with Crippen LogP contribution in [0.4, 0.5) is 0 Å². The predicted molar refractivity (Wildman–Crippen MR) is 72.0 cm³/mol. The van der Waals surface area contributed by atoms with Crippen molar-refractivity contribution in [1.29, 1.82) is 0 Å². The Morgan fingerprint density at radius 3 is 2.50 bits per heavy atom. The number of amides is 1. The number of aryl methyl sites for hydroxylation is 1. The van der Waals surface area contributed by atoms with Crippen LogP contribution in [0.15, 0.2) is 12.5 Å². The predicted octanol–water partition coefficient (Wildman–Crippen LogP) is 1.38. The normalized spacial score (nSPS) is 12.6. The van der Waals surface area contributed by atoms with Crippen molar-refractivity contribution < 1.29 is 4.79 Å². The molecule has 0 aliphatic carbocycles. The molecule has 5 heteroatoms. The highest BCUT2D eigenvalue weighted by Crippen LogP contribution is 2.16. The molecule has 1 heterocycles. The van der Waals surface area contributed by atoms with E-state index in [2.05, 4.69) is 10.3 Å². The Morgan fingerprint density at radius 1 is 1.39 bits per heavy atom. The number of carbonyl (C=O) groups is 1. The van der Waals surface area contributed by atoms with Gasteiger partial charge in [0.05, 0.1) is 17.6 Å². The second kappa shape index (κ2) is 5.10. The van der Waals surface area contributed by atoms with E-state index in [9.17, 15) is 4.79 Å². The molecular weight excluding hydrogens is 228 g/mol. The molecule has 0 atom stereocenters. The van der Waals surface area contributed by atoms with E-state index in [0.717, 1.165) is 5.69 Å². The van der Waals surface area contributed by atoms with Crippen LogP contribution >= 0.6 is 0 Å². The van der Waals surface area contributed by atoms with Crippen LogP contribution in [0.5, 0.6) is 0 Å². The van der Waals surface area contributed by atoms with Crippen molar-refractivity contribution >= 4 is 5.91 Å². The number of hydrogen-bond donors (Lipinski definition) is 2. The summed E-state index contributed by atoms with van der Waals surface area (Å²) >= 11 is 0. The summed E-state index contributed by atoms with van der Waals surface area (Å²) in [7, 11) is 0. The van der Waals surface area contributed by atoms with E-state index in [1.807, 2.05) is 39.2 Å². The summed E-state index contributed by atoms with van der Waals surface area (Å²) < 4.78 is 1.93. The first-order valence-electron chi connectivity index (χ1n) is 6.20. The fourth-order valence-electron chi connectivity index (χ4n) is 1.74. The Labute approximate surface area is 109 Å². The van der Waals surface area contributed by atoms with Gasteiger partial charge in [-0.1, -0.05) is 0 Å². The van der Waals surface area contributed by atoms with Crippen LogP contribution in [-0.2, 0) is 16.9 Å². The van der Waals surface area contributed by atoms with Gasteiger partial charge >= 0.3 is 0 Å². The summed E-state index contributed by atoms with van der Waals surface area (Å²) in [5.74, 6) is 0.0389. The van der Waals surface area contributed by atoms with Crippen molar-refractivity contribution in [2.45, 2.75) is 58.7 Å². The van der Waals surface area contributed by atoms with Gasteiger partial charge < -0.3 is 15.6 Å². The number of nitrogens with zero attached hydrogens (tertiary/aromatic N) is 2. The van der Waals surface area contributed by atoms with Gasteiger partial charge in [0.2, 0.25) is 5.91 Å². The summed E-state index contributed by atoms with van der Waals surface area (Å²) in [6, 6.07) is 0. The third-order valence-electron chi connectivity index (χ3n) is 2.47. The smallest absolute Gasteiger partial charge is 0.222 e. The number of carbonyl (C=O) groups excluding carboxylic acids is 1. The second-order valence-electron chi connectivity index (χ2n) is 6.24. The van der Waals surface area contributed by atoms with Crippen molar-refractivity contribution in [3.63, 3.8) is 0 Å². The van der Waals surface area contributed by atoms with Gasteiger partial charge in [-0.05, 0) is 34.6 Å². The zero-order valence-electron chi connectivity index (χ0n) is 11.9. The topological polar surface area (TPSA) is 72.9 Å². The van der Waals surface area contributed by atoms with Crippen molar-refractivity contribution in [1.82, 2.24) is 14.9 Å². The average molecular weight is 252 g/mol. The maximum absolute atomic E-state index is 11.7. The van der Waals surface area contributed by atoms with Crippen LogP contribution in [-0.4, -0.2) is 21.0 Å². The lowest BCUT2D eigenvalue weighted by Gasteiger charge is -2.22. The third kappa shape index (κ3) is 4.49. The molecular formula is C13H24N4O. The highest BCUT2D eigenvalue weighted by Gasteiger charge is 2.20. The molecule has 0 fully saturated rings. The first-order valence-corrected chi connectivity index (χ1v) is 6.20. The van der Waals surface area contributed by atoms with Gasteiger partial charge in [0.25, 0.3) is 0 Å². The van der Waals surface area contributed by atoms with E-state index in [4.69, 9.17) is 5.73 Å². The SMILES string of the molecule is CC(C)(C)NC(=O)CCn1cncc1C(C)(C)N. The van der Waals surface area contributed by atoms with Crippen molar-refractivity contribution in [3.05, 3.63) is 18.2 Å².